The van der Waals surface area contributed by atoms with Crippen LogP contribution in [0.15, 0.2) is 49.1 Å². The van der Waals surface area contributed by atoms with Crippen molar-refractivity contribution in [3.63, 3.8) is 0 Å². The molecule has 0 bridgehead atoms. The Morgan fingerprint density at radius 1 is 1.03 bits per heavy atom. The third kappa shape index (κ3) is 3.94. The molecule has 33 heavy (non-hydrogen) atoms. The molecule has 2 saturated heterocycles. The Bertz CT molecular complexity index is 1310. The van der Waals surface area contributed by atoms with Gasteiger partial charge in [0.15, 0.2) is 5.82 Å². The molecule has 0 aliphatic carbocycles. The van der Waals surface area contributed by atoms with Gasteiger partial charge >= 0.3 is 6.18 Å². The molecule has 0 radical (unpaired) electrons. The Kier molecular flexibility index (Phi) is 4.65. The van der Waals surface area contributed by atoms with Gasteiger partial charge in [0.05, 0.1) is 6.42 Å². The van der Waals surface area contributed by atoms with E-state index in [2.05, 4.69) is 49.1 Å². The SMILES string of the molecule is FC(F)(F)Cc1cc2c(N3CCC4(CCN(Cc5ccc6cc[nH]c6c5)C4)C3)ncnn2c1. The first-order valence-corrected chi connectivity index (χ1v) is 11.3. The van der Waals surface area contributed by atoms with Crippen LogP contribution >= 0.6 is 0 Å². The number of fused-ring (bicyclic) bond motifs is 2. The zero-order valence-corrected chi connectivity index (χ0v) is 18.1. The van der Waals surface area contributed by atoms with Crippen molar-refractivity contribution in [3.8, 4) is 0 Å². The van der Waals surface area contributed by atoms with E-state index in [1.165, 1.54) is 33.5 Å². The number of hydrogen-bond donors (Lipinski definition) is 1. The van der Waals surface area contributed by atoms with Gasteiger partial charge in [-0.25, -0.2) is 9.50 Å². The van der Waals surface area contributed by atoms with Crippen LogP contribution in [0.4, 0.5) is 19.0 Å². The van der Waals surface area contributed by atoms with Gasteiger partial charge in [0.25, 0.3) is 0 Å². The standard InChI is InChI=1S/C24H25F3N6/c25-24(26,27)11-18-10-21-22(29-16-30-33(21)13-18)32-8-5-23(15-32)4-7-31(14-23)12-17-1-2-19-3-6-28-20(19)9-17/h1-3,6,9-10,13,16,28H,4-5,7-8,11-12,14-15H2. The van der Waals surface area contributed by atoms with Crippen LogP contribution in [-0.4, -0.2) is 56.8 Å². The van der Waals surface area contributed by atoms with Crippen LogP contribution in [0.1, 0.15) is 24.0 Å². The summed E-state index contributed by atoms with van der Waals surface area (Å²) in [6, 6.07) is 10.2. The Morgan fingerprint density at radius 2 is 1.91 bits per heavy atom. The van der Waals surface area contributed by atoms with Crippen molar-refractivity contribution in [2.24, 2.45) is 5.41 Å². The predicted octanol–water partition coefficient (Wildman–Crippen LogP) is 4.42. The maximum absolute atomic E-state index is 12.9. The first-order valence-electron chi connectivity index (χ1n) is 11.3. The van der Waals surface area contributed by atoms with E-state index in [4.69, 9.17) is 0 Å². The summed E-state index contributed by atoms with van der Waals surface area (Å²) in [6.07, 6.45) is 1.84. The molecule has 1 atom stereocenters. The van der Waals surface area contributed by atoms with E-state index in [1.807, 2.05) is 6.20 Å². The molecular weight excluding hydrogens is 429 g/mol. The zero-order valence-electron chi connectivity index (χ0n) is 18.1. The third-order valence-electron chi connectivity index (χ3n) is 7.13. The van der Waals surface area contributed by atoms with Gasteiger partial charge in [-0.2, -0.15) is 18.3 Å². The molecule has 1 N–H and O–H groups in total. The number of nitrogens with zero attached hydrogens (tertiary/aromatic N) is 5. The first-order chi connectivity index (χ1) is 15.9. The normalized spacial score (nSPS) is 21.8. The average Bonchev–Trinajstić information content (AvgIpc) is 3.53. The van der Waals surface area contributed by atoms with Gasteiger partial charge in [-0.15, -0.1) is 0 Å². The van der Waals surface area contributed by atoms with Crippen molar-refractivity contribution in [1.29, 1.82) is 0 Å². The summed E-state index contributed by atoms with van der Waals surface area (Å²) < 4.78 is 40.1. The molecule has 0 saturated carbocycles. The minimum atomic E-state index is -4.24. The van der Waals surface area contributed by atoms with E-state index in [1.54, 1.807) is 6.07 Å². The van der Waals surface area contributed by atoms with E-state index in [0.717, 1.165) is 51.4 Å². The molecule has 5 heterocycles. The predicted molar refractivity (Wildman–Crippen MR) is 120 cm³/mol. The summed E-state index contributed by atoms with van der Waals surface area (Å²) >= 11 is 0. The number of nitrogens with one attached hydrogen (secondary N) is 1. The fourth-order valence-corrected chi connectivity index (χ4v) is 5.61. The van der Waals surface area contributed by atoms with Crippen molar-refractivity contribution in [2.75, 3.05) is 31.1 Å². The first kappa shape index (κ1) is 20.5. The molecule has 1 aromatic carbocycles. The maximum atomic E-state index is 12.9. The van der Waals surface area contributed by atoms with Crippen LogP contribution < -0.4 is 4.90 Å². The highest BCUT2D eigenvalue weighted by Crippen LogP contribution is 2.42. The molecule has 2 aliphatic rings. The number of aromatic amines is 1. The summed E-state index contributed by atoms with van der Waals surface area (Å²) in [7, 11) is 0. The quantitative estimate of drug-likeness (QED) is 0.496. The molecule has 4 aromatic rings. The smallest absolute Gasteiger partial charge is 0.361 e. The minimum Gasteiger partial charge on any atom is -0.361 e. The summed E-state index contributed by atoms with van der Waals surface area (Å²) in [4.78, 5) is 12.5. The Labute approximate surface area is 189 Å². The molecule has 6 nitrogen and oxygen atoms in total. The molecule has 1 spiro atoms. The molecule has 2 fully saturated rings. The van der Waals surface area contributed by atoms with Gasteiger partial charge in [-0.05, 0) is 54.1 Å². The lowest BCUT2D eigenvalue weighted by atomic mass is 9.86. The lowest BCUT2D eigenvalue weighted by Crippen LogP contribution is -2.31. The summed E-state index contributed by atoms with van der Waals surface area (Å²) in [6.45, 7) is 4.72. The fraction of sp³-hybridized carbons (Fsp3) is 0.417. The second-order valence-corrected chi connectivity index (χ2v) is 9.59. The van der Waals surface area contributed by atoms with Crippen molar-refractivity contribution in [3.05, 3.63) is 60.2 Å². The second kappa shape index (κ2) is 7.48. The number of likely N-dealkylation sites (tertiary alicyclic amines) is 1. The highest BCUT2D eigenvalue weighted by Gasteiger charge is 2.44. The topological polar surface area (TPSA) is 52.5 Å². The van der Waals surface area contributed by atoms with Crippen molar-refractivity contribution < 1.29 is 13.2 Å². The van der Waals surface area contributed by atoms with Gasteiger partial charge in [0.1, 0.15) is 11.8 Å². The average molecular weight is 455 g/mol. The van der Waals surface area contributed by atoms with Crippen LogP contribution in [0.5, 0.6) is 0 Å². The van der Waals surface area contributed by atoms with Gasteiger partial charge in [0, 0.05) is 49.5 Å². The third-order valence-corrected chi connectivity index (χ3v) is 7.13. The molecule has 3 aromatic heterocycles. The Morgan fingerprint density at radius 3 is 2.79 bits per heavy atom. The van der Waals surface area contributed by atoms with Crippen LogP contribution in [0, 0.1) is 5.41 Å². The van der Waals surface area contributed by atoms with E-state index in [-0.39, 0.29) is 11.0 Å². The number of alkyl halides is 3. The van der Waals surface area contributed by atoms with Gasteiger partial charge in [0.2, 0.25) is 0 Å². The molecule has 9 heteroatoms. The Balaban J connectivity index is 1.17. The molecule has 1 unspecified atom stereocenters. The number of benzene rings is 1. The lowest BCUT2D eigenvalue weighted by molar-refractivity contribution is -0.127. The molecule has 0 amide bonds. The van der Waals surface area contributed by atoms with Gasteiger partial charge in [-0.1, -0.05) is 12.1 Å². The Hall–Kier alpha value is -3.07. The van der Waals surface area contributed by atoms with Crippen LogP contribution in [-0.2, 0) is 13.0 Å². The van der Waals surface area contributed by atoms with E-state index in [0.29, 0.717) is 5.52 Å². The highest BCUT2D eigenvalue weighted by atomic mass is 19.4. The molecule has 2 aliphatic heterocycles. The summed E-state index contributed by atoms with van der Waals surface area (Å²) in [5, 5.41) is 5.36. The number of aromatic nitrogens is 4. The van der Waals surface area contributed by atoms with Gasteiger partial charge in [-0.3, -0.25) is 4.90 Å². The largest absolute Gasteiger partial charge is 0.393 e. The highest BCUT2D eigenvalue weighted by molar-refractivity contribution is 5.79. The van der Waals surface area contributed by atoms with Crippen LogP contribution in [0.3, 0.4) is 0 Å². The van der Waals surface area contributed by atoms with E-state index >= 15 is 0 Å². The van der Waals surface area contributed by atoms with Crippen molar-refractivity contribution in [1.82, 2.24) is 24.5 Å². The molecule has 172 valence electrons. The van der Waals surface area contributed by atoms with Crippen molar-refractivity contribution >= 4 is 22.2 Å². The van der Waals surface area contributed by atoms with E-state index < -0.39 is 12.6 Å². The lowest BCUT2D eigenvalue weighted by Gasteiger charge is -2.25. The number of H-pyrrole nitrogens is 1. The molecule has 6 rings (SSSR count). The van der Waals surface area contributed by atoms with Crippen LogP contribution in [0.25, 0.3) is 16.4 Å². The number of hydrogen-bond acceptors (Lipinski definition) is 4. The number of halogens is 3. The fourth-order valence-electron chi connectivity index (χ4n) is 5.61. The second-order valence-electron chi connectivity index (χ2n) is 9.59. The summed E-state index contributed by atoms with van der Waals surface area (Å²) in [5.41, 5.74) is 3.52. The zero-order chi connectivity index (χ0) is 22.6. The maximum Gasteiger partial charge on any atom is 0.393 e. The minimum absolute atomic E-state index is 0.194. The number of rotatable bonds is 4. The van der Waals surface area contributed by atoms with Crippen molar-refractivity contribution in [2.45, 2.75) is 32.0 Å². The summed E-state index contributed by atoms with van der Waals surface area (Å²) in [5.74, 6) is 0.728. The van der Waals surface area contributed by atoms with Crippen LogP contribution in [0.2, 0.25) is 0 Å². The van der Waals surface area contributed by atoms with E-state index in [9.17, 15) is 13.2 Å². The molecular formula is C24H25F3N6. The monoisotopic (exact) mass is 454 g/mol. The number of anilines is 1. The van der Waals surface area contributed by atoms with Gasteiger partial charge < -0.3 is 9.88 Å².